The average molecular weight is 229 g/mol. The molecule has 94 valence electrons. The summed E-state index contributed by atoms with van der Waals surface area (Å²) in [4.78, 5) is 22.5. The molecule has 0 fully saturated rings. The second kappa shape index (κ2) is 5.43. The molecule has 4 nitrogen and oxygen atoms in total. The highest BCUT2D eigenvalue weighted by atomic mass is 16.5. The van der Waals surface area contributed by atoms with E-state index in [9.17, 15) is 9.59 Å². The second-order valence-corrected chi connectivity index (χ2v) is 5.34. The van der Waals surface area contributed by atoms with Crippen molar-refractivity contribution in [2.75, 3.05) is 13.7 Å². The van der Waals surface area contributed by atoms with Gasteiger partial charge < -0.3 is 10.1 Å². The van der Waals surface area contributed by atoms with E-state index in [0.717, 1.165) is 0 Å². The number of ether oxygens (including phenoxy) is 1. The Bertz CT molecular complexity index is 269. The average Bonchev–Trinajstić information content (AvgIpc) is 2.12. The van der Waals surface area contributed by atoms with Crippen LogP contribution in [0.2, 0.25) is 0 Å². The van der Waals surface area contributed by atoms with Gasteiger partial charge in [-0.15, -0.1) is 0 Å². The number of nitrogens with one attached hydrogen (secondary N) is 1. The SMILES string of the molecule is CNC(=O)COC(C)(C)CC(C)(C)C(C)=O. The van der Waals surface area contributed by atoms with Gasteiger partial charge >= 0.3 is 0 Å². The predicted molar refractivity (Wildman–Crippen MR) is 63.2 cm³/mol. The Balaban J connectivity index is 4.34. The quantitative estimate of drug-likeness (QED) is 0.751. The molecule has 0 saturated heterocycles. The lowest BCUT2D eigenvalue weighted by Crippen LogP contribution is -2.38. The number of rotatable bonds is 6. The van der Waals surface area contributed by atoms with Crippen molar-refractivity contribution >= 4 is 11.7 Å². The van der Waals surface area contributed by atoms with Crippen LogP contribution in [0.25, 0.3) is 0 Å². The van der Waals surface area contributed by atoms with Crippen LogP contribution in [-0.2, 0) is 14.3 Å². The van der Waals surface area contributed by atoms with Crippen LogP contribution in [0.5, 0.6) is 0 Å². The third-order valence-electron chi connectivity index (χ3n) is 2.69. The van der Waals surface area contributed by atoms with Gasteiger partial charge in [0.1, 0.15) is 12.4 Å². The van der Waals surface area contributed by atoms with Crippen LogP contribution in [0.15, 0.2) is 0 Å². The zero-order valence-corrected chi connectivity index (χ0v) is 11.1. The molecule has 0 aliphatic carbocycles. The summed E-state index contributed by atoms with van der Waals surface area (Å²) >= 11 is 0. The Morgan fingerprint density at radius 2 is 1.69 bits per heavy atom. The highest BCUT2D eigenvalue weighted by molar-refractivity contribution is 5.81. The predicted octanol–water partition coefficient (Wildman–Crippen LogP) is 1.53. The fraction of sp³-hybridized carbons (Fsp3) is 0.833. The molecule has 0 aromatic carbocycles. The highest BCUT2D eigenvalue weighted by Crippen LogP contribution is 2.30. The van der Waals surface area contributed by atoms with E-state index >= 15 is 0 Å². The smallest absolute Gasteiger partial charge is 0.245 e. The number of carbonyl (C=O) groups is 2. The molecule has 0 unspecified atom stereocenters. The van der Waals surface area contributed by atoms with E-state index in [1.54, 1.807) is 14.0 Å². The fourth-order valence-corrected chi connectivity index (χ4v) is 1.57. The van der Waals surface area contributed by atoms with Crippen molar-refractivity contribution in [3.8, 4) is 0 Å². The molecule has 0 rings (SSSR count). The van der Waals surface area contributed by atoms with E-state index in [4.69, 9.17) is 4.74 Å². The molecule has 4 heteroatoms. The van der Waals surface area contributed by atoms with Crippen LogP contribution < -0.4 is 5.32 Å². The molecule has 0 aliphatic rings. The molecular weight excluding hydrogens is 206 g/mol. The maximum Gasteiger partial charge on any atom is 0.245 e. The first kappa shape index (κ1) is 15.1. The first-order valence-electron chi connectivity index (χ1n) is 5.46. The van der Waals surface area contributed by atoms with Crippen molar-refractivity contribution in [1.82, 2.24) is 5.32 Å². The number of amides is 1. The van der Waals surface area contributed by atoms with Gasteiger partial charge in [-0.2, -0.15) is 0 Å². The highest BCUT2D eigenvalue weighted by Gasteiger charge is 2.33. The summed E-state index contributed by atoms with van der Waals surface area (Å²) in [6.45, 7) is 9.16. The lowest BCUT2D eigenvalue weighted by molar-refractivity contribution is -0.136. The Kier molecular flexibility index (Phi) is 5.13. The minimum Gasteiger partial charge on any atom is -0.366 e. The van der Waals surface area contributed by atoms with Gasteiger partial charge in [-0.25, -0.2) is 0 Å². The monoisotopic (exact) mass is 229 g/mol. The first-order chi connectivity index (χ1) is 7.10. The Morgan fingerprint density at radius 1 is 1.19 bits per heavy atom. The van der Waals surface area contributed by atoms with E-state index < -0.39 is 11.0 Å². The molecule has 0 radical (unpaired) electrons. The fourth-order valence-electron chi connectivity index (χ4n) is 1.57. The molecular formula is C12H23NO3. The number of carbonyl (C=O) groups excluding carboxylic acids is 2. The molecule has 16 heavy (non-hydrogen) atoms. The van der Waals surface area contributed by atoms with E-state index in [-0.39, 0.29) is 18.3 Å². The zero-order valence-electron chi connectivity index (χ0n) is 11.1. The van der Waals surface area contributed by atoms with E-state index in [2.05, 4.69) is 5.32 Å². The zero-order chi connectivity index (χ0) is 13.0. The molecule has 0 saturated carbocycles. The van der Waals surface area contributed by atoms with Gasteiger partial charge in [-0.05, 0) is 27.2 Å². The Hall–Kier alpha value is -0.900. The molecule has 0 aliphatic heterocycles. The molecule has 0 spiro atoms. The normalized spacial score (nSPS) is 12.4. The number of Topliss-reactive ketones (excluding diaryl/α,β-unsaturated/α-hetero) is 1. The van der Waals surface area contributed by atoms with E-state index in [1.165, 1.54) is 0 Å². The van der Waals surface area contributed by atoms with Gasteiger partial charge in [0, 0.05) is 12.5 Å². The Labute approximate surface area is 97.7 Å². The number of hydrogen-bond donors (Lipinski definition) is 1. The van der Waals surface area contributed by atoms with E-state index in [1.807, 2.05) is 27.7 Å². The van der Waals surface area contributed by atoms with Gasteiger partial charge in [-0.3, -0.25) is 9.59 Å². The number of likely N-dealkylation sites (N-methyl/N-ethyl adjacent to an activating group) is 1. The van der Waals surface area contributed by atoms with Crippen LogP contribution in [0, 0.1) is 5.41 Å². The summed E-state index contributed by atoms with van der Waals surface area (Å²) in [5.74, 6) is -0.0298. The molecule has 1 N–H and O–H groups in total. The number of ketones is 1. The summed E-state index contributed by atoms with van der Waals surface area (Å²) in [6, 6.07) is 0. The largest absolute Gasteiger partial charge is 0.366 e. The summed E-state index contributed by atoms with van der Waals surface area (Å²) in [7, 11) is 1.57. The van der Waals surface area contributed by atoms with Gasteiger partial charge in [0.25, 0.3) is 0 Å². The van der Waals surface area contributed by atoms with Gasteiger partial charge in [0.2, 0.25) is 5.91 Å². The lowest BCUT2D eigenvalue weighted by Gasteiger charge is -2.33. The third-order valence-corrected chi connectivity index (χ3v) is 2.69. The van der Waals surface area contributed by atoms with Crippen LogP contribution in [0.4, 0.5) is 0 Å². The van der Waals surface area contributed by atoms with Crippen LogP contribution >= 0.6 is 0 Å². The third kappa shape index (κ3) is 5.26. The van der Waals surface area contributed by atoms with Crippen LogP contribution in [-0.4, -0.2) is 30.9 Å². The van der Waals surface area contributed by atoms with Crippen molar-refractivity contribution in [3.63, 3.8) is 0 Å². The maximum absolute atomic E-state index is 11.4. The second-order valence-electron chi connectivity index (χ2n) is 5.34. The lowest BCUT2D eigenvalue weighted by atomic mass is 9.79. The van der Waals surface area contributed by atoms with Crippen molar-refractivity contribution in [2.24, 2.45) is 5.41 Å². The van der Waals surface area contributed by atoms with Gasteiger partial charge in [0.15, 0.2) is 0 Å². The summed E-state index contributed by atoms with van der Waals surface area (Å²) < 4.78 is 5.50. The molecule has 0 atom stereocenters. The molecule has 0 bridgehead atoms. The van der Waals surface area contributed by atoms with Gasteiger partial charge in [-0.1, -0.05) is 13.8 Å². The van der Waals surface area contributed by atoms with Crippen molar-refractivity contribution in [3.05, 3.63) is 0 Å². The summed E-state index contributed by atoms with van der Waals surface area (Å²) in [5, 5.41) is 2.49. The molecule has 0 aromatic rings. The summed E-state index contributed by atoms with van der Waals surface area (Å²) in [5.41, 5.74) is -0.909. The molecule has 0 aromatic heterocycles. The standard InChI is InChI=1S/C12H23NO3/c1-9(14)11(2,3)8-12(4,5)16-7-10(15)13-6/h7-8H2,1-6H3,(H,13,15). The summed E-state index contributed by atoms with van der Waals surface area (Å²) in [6.07, 6.45) is 0.590. The van der Waals surface area contributed by atoms with E-state index in [0.29, 0.717) is 6.42 Å². The number of hydrogen-bond acceptors (Lipinski definition) is 3. The van der Waals surface area contributed by atoms with Crippen molar-refractivity contribution < 1.29 is 14.3 Å². The molecule has 1 amide bonds. The first-order valence-corrected chi connectivity index (χ1v) is 5.46. The Morgan fingerprint density at radius 3 is 2.06 bits per heavy atom. The van der Waals surface area contributed by atoms with Crippen molar-refractivity contribution in [1.29, 1.82) is 0 Å². The van der Waals surface area contributed by atoms with Gasteiger partial charge in [0.05, 0.1) is 5.60 Å². The maximum atomic E-state index is 11.4. The molecule has 0 heterocycles. The van der Waals surface area contributed by atoms with Crippen molar-refractivity contribution in [2.45, 2.75) is 46.6 Å². The minimum atomic E-state index is -0.484. The topological polar surface area (TPSA) is 55.4 Å². The van der Waals surface area contributed by atoms with Crippen LogP contribution in [0.1, 0.15) is 41.0 Å². The van der Waals surface area contributed by atoms with Crippen LogP contribution in [0.3, 0.4) is 0 Å². The minimum absolute atomic E-state index is 0.0253.